The van der Waals surface area contributed by atoms with Crippen molar-refractivity contribution in [3.05, 3.63) is 24.2 Å². The molecule has 2 rings (SSSR count). The molecule has 3 atom stereocenters. The lowest BCUT2D eigenvalue weighted by molar-refractivity contribution is -0.144. The van der Waals surface area contributed by atoms with Crippen molar-refractivity contribution in [2.45, 2.75) is 18.6 Å². The van der Waals surface area contributed by atoms with E-state index in [1.165, 1.54) is 0 Å². The molecule has 4 nitrogen and oxygen atoms in total. The van der Waals surface area contributed by atoms with Crippen molar-refractivity contribution < 1.29 is 18.7 Å². The first kappa shape index (κ1) is 13.2. The second kappa shape index (κ2) is 6.09. The van der Waals surface area contributed by atoms with Gasteiger partial charge in [0.05, 0.1) is 18.1 Å². The average Bonchev–Trinajstić information content (AvgIpc) is 2.97. The molecule has 5 heteroatoms. The van der Waals surface area contributed by atoms with E-state index in [4.69, 9.17) is 9.15 Å². The highest BCUT2D eigenvalue weighted by Gasteiger charge is 2.40. The molecule has 0 N–H and O–H groups in total. The van der Waals surface area contributed by atoms with Gasteiger partial charge in [-0.3, -0.25) is 4.79 Å². The fourth-order valence-corrected chi connectivity index (χ4v) is 3.83. The van der Waals surface area contributed by atoms with E-state index in [-0.39, 0.29) is 23.1 Å². The first-order valence-electron chi connectivity index (χ1n) is 6.02. The molecule has 1 aromatic rings. The summed E-state index contributed by atoms with van der Waals surface area (Å²) in [5, 5.41) is 0.0249. The Bertz CT molecular complexity index is 401. The van der Waals surface area contributed by atoms with Gasteiger partial charge in [0.1, 0.15) is 12.0 Å². The van der Waals surface area contributed by atoms with Gasteiger partial charge in [-0.15, -0.1) is 11.8 Å². The molecule has 0 amide bonds. The van der Waals surface area contributed by atoms with Crippen LogP contribution in [0, 0.1) is 11.8 Å². The van der Waals surface area contributed by atoms with Gasteiger partial charge in [0, 0.05) is 12.3 Å². The monoisotopic (exact) mass is 268 g/mol. The van der Waals surface area contributed by atoms with E-state index >= 15 is 0 Å². The topological polar surface area (TPSA) is 56.5 Å². The molecule has 0 spiro atoms. The second-order valence-electron chi connectivity index (χ2n) is 4.25. The van der Waals surface area contributed by atoms with Crippen molar-refractivity contribution in [1.82, 2.24) is 0 Å². The van der Waals surface area contributed by atoms with E-state index < -0.39 is 0 Å². The van der Waals surface area contributed by atoms with E-state index in [9.17, 15) is 9.59 Å². The van der Waals surface area contributed by atoms with Crippen LogP contribution in [-0.4, -0.2) is 24.6 Å². The summed E-state index contributed by atoms with van der Waals surface area (Å²) in [5.74, 6) is 1.24. The summed E-state index contributed by atoms with van der Waals surface area (Å²) >= 11 is 1.67. The van der Waals surface area contributed by atoms with Crippen LogP contribution in [0.25, 0.3) is 0 Å². The largest absolute Gasteiger partial charge is 0.468 e. The first-order valence-corrected chi connectivity index (χ1v) is 7.07. The van der Waals surface area contributed by atoms with E-state index in [1.54, 1.807) is 24.9 Å². The number of ether oxygens (including phenoxy) is 1. The Morgan fingerprint density at radius 1 is 1.67 bits per heavy atom. The third-order valence-electron chi connectivity index (χ3n) is 3.10. The summed E-state index contributed by atoms with van der Waals surface area (Å²) in [6.45, 7) is 2.16. The summed E-state index contributed by atoms with van der Waals surface area (Å²) < 4.78 is 10.3. The average molecular weight is 268 g/mol. The third-order valence-corrected chi connectivity index (χ3v) is 4.62. The molecule has 18 heavy (non-hydrogen) atoms. The molecule has 0 saturated carbocycles. The van der Waals surface area contributed by atoms with Crippen LogP contribution in [0.15, 0.2) is 22.8 Å². The molecule has 98 valence electrons. The minimum atomic E-state index is -0.227. The zero-order valence-electron chi connectivity index (χ0n) is 10.2. The summed E-state index contributed by atoms with van der Waals surface area (Å²) in [4.78, 5) is 22.7. The maximum absolute atomic E-state index is 11.5. The van der Waals surface area contributed by atoms with Crippen LogP contribution in [0.3, 0.4) is 0 Å². The van der Waals surface area contributed by atoms with Crippen molar-refractivity contribution in [2.75, 3.05) is 12.4 Å². The van der Waals surface area contributed by atoms with Crippen molar-refractivity contribution in [3.63, 3.8) is 0 Å². The van der Waals surface area contributed by atoms with E-state index in [0.717, 1.165) is 17.8 Å². The Morgan fingerprint density at radius 2 is 2.50 bits per heavy atom. The number of hydrogen-bond donors (Lipinski definition) is 0. The van der Waals surface area contributed by atoms with Crippen molar-refractivity contribution in [2.24, 2.45) is 11.8 Å². The molecule has 0 bridgehead atoms. The van der Waals surface area contributed by atoms with Gasteiger partial charge in [0.2, 0.25) is 0 Å². The van der Waals surface area contributed by atoms with Crippen LogP contribution in [0.5, 0.6) is 0 Å². The fraction of sp³-hybridized carbons (Fsp3) is 0.538. The summed E-state index contributed by atoms with van der Waals surface area (Å²) in [6.07, 6.45) is 2.86. The van der Waals surface area contributed by atoms with Gasteiger partial charge < -0.3 is 13.9 Å². The van der Waals surface area contributed by atoms with Gasteiger partial charge in [-0.25, -0.2) is 0 Å². The lowest BCUT2D eigenvalue weighted by atomic mass is 9.89. The Labute approximate surface area is 110 Å². The zero-order valence-corrected chi connectivity index (χ0v) is 11.0. The molecule has 0 aromatic carbocycles. The van der Waals surface area contributed by atoms with Crippen molar-refractivity contribution in [1.29, 1.82) is 0 Å². The second-order valence-corrected chi connectivity index (χ2v) is 5.43. The van der Waals surface area contributed by atoms with Crippen molar-refractivity contribution in [3.8, 4) is 0 Å². The molecule has 0 aliphatic carbocycles. The van der Waals surface area contributed by atoms with Gasteiger partial charge in [0.25, 0.3) is 0 Å². The maximum Gasteiger partial charge on any atom is 0.306 e. The highest BCUT2D eigenvalue weighted by atomic mass is 32.2. The Hall–Kier alpha value is -1.23. The number of carbonyl (C=O) groups is 2. The van der Waals surface area contributed by atoms with E-state index in [1.807, 2.05) is 12.1 Å². The Kier molecular flexibility index (Phi) is 4.47. The normalized spacial score (nSPS) is 27.1. The van der Waals surface area contributed by atoms with Gasteiger partial charge >= 0.3 is 5.97 Å². The first-order chi connectivity index (χ1) is 8.76. The molecule has 1 aliphatic rings. The molecule has 0 radical (unpaired) electrons. The molecular weight excluding hydrogens is 252 g/mol. The van der Waals surface area contributed by atoms with Gasteiger partial charge in [-0.05, 0) is 30.7 Å². The fourth-order valence-electron chi connectivity index (χ4n) is 2.23. The number of furan rings is 1. The molecule has 2 heterocycles. The standard InChI is InChI=1S/C13H16O4S/c1-2-16-12(15)6-9-8-18-13(10(9)7-14)11-4-3-5-17-11/h3-5,7,9-10,13H,2,6,8H2,1H3/t9-,10+,13+/m1/s1. The lowest BCUT2D eigenvalue weighted by Crippen LogP contribution is -2.20. The lowest BCUT2D eigenvalue weighted by Gasteiger charge is -2.16. The van der Waals surface area contributed by atoms with Crippen LogP contribution < -0.4 is 0 Å². The highest BCUT2D eigenvalue weighted by Crippen LogP contribution is 2.48. The number of rotatable bonds is 5. The van der Waals surface area contributed by atoms with Crippen molar-refractivity contribution >= 4 is 24.0 Å². The van der Waals surface area contributed by atoms with Crippen LogP contribution in [0.4, 0.5) is 0 Å². The zero-order chi connectivity index (χ0) is 13.0. The maximum atomic E-state index is 11.5. The predicted molar refractivity (Wildman–Crippen MR) is 68.2 cm³/mol. The highest BCUT2D eigenvalue weighted by molar-refractivity contribution is 7.99. The van der Waals surface area contributed by atoms with Crippen LogP contribution in [0.2, 0.25) is 0 Å². The quantitative estimate of drug-likeness (QED) is 0.606. The minimum absolute atomic E-state index is 0.0249. The smallest absolute Gasteiger partial charge is 0.306 e. The predicted octanol–water partition coefficient (Wildman–Crippen LogP) is 2.45. The molecular formula is C13H16O4S. The van der Waals surface area contributed by atoms with Gasteiger partial charge in [-0.1, -0.05) is 0 Å². The molecule has 1 saturated heterocycles. The SMILES string of the molecule is CCOC(=O)C[C@@H]1CS[C@H](c2ccco2)[C@H]1C=O. The summed E-state index contributed by atoms with van der Waals surface area (Å²) in [5.41, 5.74) is 0. The van der Waals surface area contributed by atoms with E-state index in [0.29, 0.717) is 13.0 Å². The minimum Gasteiger partial charge on any atom is -0.468 e. The van der Waals surface area contributed by atoms with Gasteiger partial charge in [0.15, 0.2) is 0 Å². The molecule has 1 aromatic heterocycles. The number of carbonyl (C=O) groups excluding carboxylic acids is 2. The number of hydrogen-bond acceptors (Lipinski definition) is 5. The van der Waals surface area contributed by atoms with Crippen LogP contribution in [-0.2, 0) is 14.3 Å². The number of aldehydes is 1. The van der Waals surface area contributed by atoms with Gasteiger partial charge in [-0.2, -0.15) is 0 Å². The number of esters is 1. The van der Waals surface area contributed by atoms with E-state index in [2.05, 4.69) is 0 Å². The molecule has 1 fully saturated rings. The van der Waals surface area contributed by atoms with Crippen LogP contribution in [0.1, 0.15) is 24.4 Å². The molecule has 1 aliphatic heterocycles. The number of thioether (sulfide) groups is 1. The summed E-state index contributed by atoms with van der Waals surface area (Å²) in [6, 6.07) is 3.69. The third kappa shape index (κ3) is 2.77. The van der Waals surface area contributed by atoms with Crippen LogP contribution >= 0.6 is 11.8 Å². The Balaban J connectivity index is 2.02. The summed E-state index contributed by atoms with van der Waals surface area (Å²) in [7, 11) is 0. The Morgan fingerprint density at radius 3 is 3.11 bits per heavy atom. The molecule has 0 unspecified atom stereocenters.